The number of nitrogens with one attached hydrogen (secondary N) is 2. The maximum atomic E-state index is 15.7. The van der Waals surface area contributed by atoms with Crippen LogP contribution in [0.15, 0.2) is 41.3 Å². The molecular formula is C19H24BFN2O2. The third-order valence-electron chi connectivity index (χ3n) is 5.70. The van der Waals surface area contributed by atoms with E-state index in [1.165, 1.54) is 0 Å². The maximum absolute atomic E-state index is 15.7. The Morgan fingerprint density at radius 2 is 1.80 bits per heavy atom. The van der Waals surface area contributed by atoms with Gasteiger partial charge in [0, 0.05) is 42.0 Å². The summed E-state index contributed by atoms with van der Waals surface area (Å²) < 4.78 is 27.6. The van der Waals surface area contributed by atoms with Crippen LogP contribution in [0.3, 0.4) is 0 Å². The van der Waals surface area contributed by atoms with E-state index in [1.54, 1.807) is 0 Å². The van der Waals surface area contributed by atoms with Crippen LogP contribution < -0.4 is 10.6 Å². The van der Waals surface area contributed by atoms with Crippen LogP contribution in [0.1, 0.15) is 39.7 Å². The van der Waals surface area contributed by atoms with Crippen molar-refractivity contribution in [2.75, 3.05) is 18.4 Å². The molecule has 3 aliphatic heterocycles. The molecular weight excluding hydrogens is 318 g/mol. The van der Waals surface area contributed by atoms with Gasteiger partial charge in [0.2, 0.25) is 0 Å². The highest BCUT2D eigenvalue weighted by Gasteiger charge is 2.54. The Bertz CT molecular complexity index is 769. The summed E-state index contributed by atoms with van der Waals surface area (Å²) in [5.74, 6) is 0. The number of para-hydroxylation sites is 1. The fourth-order valence-corrected chi connectivity index (χ4v) is 3.53. The molecule has 25 heavy (non-hydrogen) atoms. The number of anilines is 1. The average Bonchev–Trinajstić information content (AvgIpc) is 2.80. The lowest BCUT2D eigenvalue weighted by molar-refractivity contribution is 0.00578. The van der Waals surface area contributed by atoms with Crippen molar-refractivity contribution in [3.8, 4) is 0 Å². The van der Waals surface area contributed by atoms with E-state index >= 15 is 4.39 Å². The smallest absolute Gasteiger partial charge is 0.398 e. The van der Waals surface area contributed by atoms with E-state index < -0.39 is 18.3 Å². The standard InChI is InChI=1S/C19H24BFN2O2/c1-18(2)19(3,4)25-20(24-18)17(21)16-12-7-5-6-8-14(12)23-15-9-10-22-11-13(15)16/h5-8,22-23H,9-11H2,1-4H3. The number of hydrogen-bond donors (Lipinski definition) is 2. The van der Waals surface area contributed by atoms with E-state index in [0.717, 1.165) is 35.5 Å². The summed E-state index contributed by atoms with van der Waals surface area (Å²) in [4.78, 5) is 0. The molecule has 132 valence electrons. The average molecular weight is 342 g/mol. The Labute approximate surface area is 148 Å². The minimum absolute atomic E-state index is 0.344. The fraction of sp³-hybridized carbons (Fsp3) is 0.474. The van der Waals surface area contributed by atoms with Gasteiger partial charge in [-0.2, -0.15) is 0 Å². The SMILES string of the molecule is CC1(C)OB(C(F)=C2C3=C(CCNC3)Nc3ccccc32)OC1(C)C. The van der Waals surface area contributed by atoms with Crippen molar-refractivity contribution in [2.24, 2.45) is 0 Å². The zero-order chi connectivity index (χ0) is 17.8. The summed E-state index contributed by atoms with van der Waals surface area (Å²) in [5, 5.41) is 6.81. The van der Waals surface area contributed by atoms with Crippen molar-refractivity contribution in [3.63, 3.8) is 0 Å². The van der Waals surface area contributed by atoms with Gasteiger partial charge in [-0.3, -0.25) is 0 Å². The van der Waals surface area contributed by atoms with Crippen molar-refractivity contribution in [2.45, 2.75) is 45.3 Å². The van der Waals surface area contributed by atoms with Crippen LogP contribution in [0.25, 0.3) is 5.57 Å². The molecule has 2 N–H and O–H groups in total. The van der Waals surface area contributed by atoms with E-state index in [1.807, 2.05) is 52.0 Å². The molecule has 0 saturated carbocycles. The first kappa shape index (κ1) is 16.8. The lowest BCUT2D eigenvalue weighted by Crippen LogP contribution is -2.41. The van der Waals surface area contributed by atoms with Gasteiger partial charge < -0.3 is 19.9 Å². The Morgan fingerprint density at radius 1 is 1.12 bits per heavy atom. The highest BCUT2D eigenvalue weighted by Crippen LogP contribution is 2.44. The Kier molecular flexibility index (Phi) is 3.83. The van der Waals surface area contributed by atoms with E-state index in [9.17, 15) is 0 Å². The summed E-state index contributed by atoms with van der Waals surface area (Å²) >= 11 is 0. The van der Waals surface area contributed by atoms with Crippen molar-refractivity contribution in [1.29, 1.82) is 0 Å². The molecule has 0 spiro atoms. The minimum atomic E-state index is -0.984. The molecule has 1 aromatic carbocycles. The summed E-state index contributed by atoms with van der Waals surface area (Å²) in [6.07, 6.45) is 0.851. The van der Waals surface area contributed by atoms with Crippen LogP contribution in [0.4, 0.5) is 10.1 Å². The highest BCUT2D eigenvalue weighted by molar-refractivity contribution is 6.55. The van der Waals surface area contributed by atoms with Crippen molar-refractivity contribution in [1.82, 2.24) is 5.32 Å². The molecule has 0 aromatic heterocycles. The molecule has 0 radical (unpaired) electrons. The third-order valence-corrected chi connectivity index (χ3v) is 5.70. The Morgan fingerprint density at radius 3 is 2.52 bits per heavy atom. The second kappa shape index (κ2) is 5.69. The predicted molar refractivity (Wildman–Crippen MR) is 98.7 cm³/mol. The number of hydrogen-bond acceptors (Lipinski definition) is 4. The van der Waals surface area contributed by atoms with Crippen LogP contribution in [0.2, 0.25) is 0 Å². The Hall–Kier alpha value is -1.63. The molecule has 0 aliphatic carbocycles. The number of benzene rings is 1. The highest BCUT2D eigenvalue weighted by atomic mass is 19.1. The lowest BCUT2D eigenvalue weighted by Gasteiger charge is -2.32. The van der Waals surface area contributed by atoms with Crippen molar-refractivity contribution < 1.29 is 13.7 Å². The van der Waals surface area contributed by atoms with E-state index in [0.29, 0.717) is 12.1 Å². The van der Waals surface area contributed by atoms with E-state index in [2.05, 4.69) is 10.6 Å². The van der Waals surface area contributed by atoms with Gasteiger partial charge in [0.15, 0.2) is 0 Å². The first-order valence-corrected chi connectivity index (χ1v) is 8.85. The number of fused-ring (bicyclic) bond motifs is 1. The molecule has 0 amide bonds. The normalized spacial score (nSPS) is 26.0. The summed E-state index contributed by atoms with van der Waals surface area (Å²) in [5.41, 5.74) is 2.98. The summed E-state index contributed by atoms with van der Waals surface area (Å²) in [6, 6.07) is 7.82. The topological polar surface area (TPSA) is 42.5 Å². The van der Waals surface area contributed by atoms with E-state index in [4.69, 9.17) is 9.31 Å². The van der Waals surface area contributed by atoms with Gasteiger partial charge in [-0.15, -0.1) is 0 Å². The third kappa shape index (κ3) is 2.63. The van der Waals surface area contributed by atoms with Gasteiger partial charge in [-0.05, 0) is 39.3 Å². The molecule has 3 aliphatic rings. The van der Waals surface area contributed by atoms with Gasteiger partial charge in [0.25, 0.3) is 0 Å². The van der Waals surface area contributed by atoms with Crippen molar-refractivity contribution in [3.05, 3.63) is 46.8 Å². The summed E-state index contributed by atoms with van der Waals surface area (Å²) in [6.45, 7) is 9.28. The maximum Gasteiger partial charge on any atom is 0.525 e. The van der Waals surface area contributed by atoms with Gasteiger partial charge in [0.05, 0.1) is 11.2 Å². The molecule has 4 nitrogen and oxygen atoms in total. The van der Waals surface area contributed by atoms with Crippen LogP contribution in [0.5, 0.6) is 0 Å². The largest absolute Gasteiger partial charge is 0.525 e. The number of rotatable bonds is 1. The van der Waals surface area contributed by atoms with E-state index in [-0.39, 0.29) is 5.73 Å². The second-order valence-corrected chi connectivity index (χ2v) is 7.87. The second-order valence-electron chi connectivity index (χ2n) is 7.87. The van der Waals surface area contributed by atoms with Crippen LogP contribution >= 0.6 is 0 Å². The van der Waals surface area contributed by atoms with Gasteiger partial charge in [0.1, 0.15) is 5.73 Å². The molecule has 1 fully saturated rings. The van der Waals surface area contributed by atoms with Crippen LogP contribution in [0, 0.1) is 0 Å². The fourth-order valence-electron chi connectivity index (χ4n) is 3.53. The quantitative estimate of drug-likeness (QED) is 0.765. The monoisotopic (exact) mass is 342 g/mol. The molecule has 6 heteroatoms. The molecule has 0 atom stereocenters. The first-order chi connectivity index (χ1) is 11.8. The Balaban J connectivity index is 1.84. The van der Waals surface area contributed by atoms with Gasteiger partial charge in [-0.1, -0.05) is 18.2 Å². The minimum Gasteiger partial charge on any atom is -0.398 e. The molecule has 1 saturated heterocycles. The summed E-state index contributed by atoms with van der Waals surface area (Å²) in [7, 11) is -0.984. The molecule has 4 rings (SSSR count). The van der Waals surface area contributed by atoms with Gasteiger partial charge in [-0.25, -0.2) is 4.39 Å². The van der Waals surface area contributed by atoms with Crippen LogP contribution in [-0.2, 0) is 9.31 Å². The molecule has 0 unspecified atom stereocenters. The first-order valence-electron chi connectivity index (χ1n) is 8.85. The zero-order valence-electron chi connectivity index (χ0n) is 15.2. The lowest BCUT2D eigenvalue weighted by atomic mass is 9.77. The van der Waals surface area contributed by atoms with Crippen LogP contribution in [-0.4, -0.2) is 31.4 Å². The van der Waals surface area contributed by atoms with Gasteiger partial charge >= 0.3 is 7.12 Å². The zero-order valence-corrected chi connectivity index (χ0v) is 15.2. The number of halogens is 1. The molecule has 3 heterocycles. The molecule has 0 bridgehead atoms. The molecule has 1 aromatic rings. The van der Waals surface area contributed by atoms with Crippen molar-refractivity contribution >= 4 is 18.4 Å². The predicted octanol–water partition coefficient (Wildman–Crippen LogP) is 3.67.